The van der Waals surface area contributed by atoms with Gasteiger partial charge in [-0.1, -0.05) is 12.1 Å². The lowest BCUT2D eigenvalue weighted by atomic mass is 10.1. The zero-order chi connectivity index (χ0) is 17.4. The summed E-state index contributed by atoms with van der Waals surface area (Å²) in [6.07, 6.45) is 0.885. The lowest BCUT2D eigenvalue weighted by Crippen LogP contribution is -2.38. The SMILES string of the molecule is CCNC(=NCCc1cccc(OC)c1)N(C)Cc1csc(C)n1.I. The van der Waals surface area contributed by atoms with Gasteiger partial charge in [0.15, 0.2) is 5.96 Å². The molecule has 1 aromatic carbocycles. The molecule has 0 fully saturated rings. The van der Waals surface area contributed by atoms with Gasteiger partial charge in [0.05, 0.1) is 24.4 Å². The van der Waals surface area contributed by atoms with Crippen molar-refractivity contribution < 1.29 is 4.74 Å². The third kappa shape index (κ3) is 7.19. The lowest BCUT2D eigenvalue weighted by Gasteiger charge is -2.21. The molecule has 0 atom stereocenters. The number of aliphatic imine (C=N–C) groups is 1. The highest BCUT2D eigenvalue weighted by Crippen LogP contribution is 2.13. The number of ether oxygens (including phenoxy) is 1. The van der Waals surface area contributed by atoms with Gasteiger partial charge in [-0.15, -0.1) is 35.3 Å². The number of aryl methyl sites for hydroxylation is 1. The van der Waals surface area contributed by atoms with Gasteiger partial charge in [0, 0.05) is 25.5 Å². The number of thiazole rings is 1. The van der Waals surface area contributed by atoms with E-state index in [2.05, 4.69) is 39.6 Å². The molecule has 0 aliphatic rings. The van der Waals surface area contributed by atoms with Crippen molar-refractivity contribution in [3.63, 3.8) is 0 Å². The van der Waals surface area contributed by atoms with Gasteiger partial charge >= 0.3 is 0 Å². The third-order valence-corrected chi connectivity index (χ3v) is 4.38. The molecule has 0 saturated carbocycles. The number of nitrogens with one attached hydrogen (secondary N) is 1. The molecule has 0 bridgehead atoms. The Morgan fingerprint density at radius 3 is 2.84 bits per heavy atom. The minimum absolute atomic E-state index is 0. The average Bonchev–Trinajstić information content (AvgIpc) is 2.99. The van der Waals surface area contributed by atoms with Crippen LogP contribution in [0.4, 0.5) is 0 Å². The summed E-state index contributed by atoms with van der Waals surface area (Å²) in [5, 5.41) is 6.54. The maximum Gasteiger partial charge on any atom is 0.194 e. The molecular weight excluding hydrogens is 447 g/mol. The van der Waals surface area contributed by atoms with Crippen LogP contribution in [-0.4, -0.2) is 43.1 Å². The summed E-state index contributed by atoms with van der Waals surface area (Å²) in [4.78, 5) is 11.4. The first kappa shape index (κ1) is 21.7. The molecule has 7 heteroatoms. The van der Waals surface area contributed by atoms with Gasteiger partial charge in [-0.05, 0) is 38.0 Å². The average molecular weight is 474 g/mol. The number of guanidine groups is 1. The first-order valence-electron chi connectivity index (χ1n) is 8.15. The number of methoxy groups -OCH3 is 1. The quantitative estimate of drug-likeness (QED) is 0.378. The largest absolute Gasteiger partial charge is 0.497 e. The molecule has 2 rings (SSSR count). The Bertz CT molecular complexity index is 675. The van der Waals surface area contributed by atoms with Crippen LogP contribution in [0.5, 0.6) is 5.75 Å². The highest BCUT2D eigenvalue weighted by Gasteiger charge is 2.08. The van der Waals surface area contributed by atoms with E-state index in [-0.39, 0.29) is 24.0 Å². The van der Waals surface area contributed by atoms with Gasteiger partial charge in [-0.2, -0.15) is 0 Å². The van der Waals surface area contributed by atoms with Crippen LogP contribution in [0.1, 0.15) is 23.2 Å². The smallest absolute Gasteiger partial charge is 0.194 e. The topological polar surface area (TPSA) is 49.8 Å². The van der Waals surface area contributed by atoms with Crippen molar-refractivity contribution in [2.75, 3.05) is 27.2 Å². The molecule has 25 heavy (non-hydrogen) atoms. The molecule has 138 valence electrons. The Kier molecular flexibility index (Phi) is 9.81. The van der Waals surface area contributed by atoms with E-state index in [0.717, 1.165) is 48.5 Å². The molecular formula is C18H27IN4OS. The first-order valence-corrected chi connectivity index (χ1v) is 9.03. The van der Waals surface area contributed by atoms with Crippen molar-refractivity contribution in [2.24, 2.45) is 4.99 Å². The normalized spacial score (nSPS) is 11.0. The Labute approximate surface area is 171 Å². The minimum atomic E-state index is 0. The van der Waals surface area contributed by atoms with E-state index in [1.165, 1.54) is 5.56 Å². The van der Waals surface area contributed by atoms with Crippen molar-refractivity contribution in [2.45, 2.75) is 26.8 Å². The maximum atomic E-state index is 5.27. The number of aromatic nitrogens is 1. The van der Waals surface area contributed by atoms with Crippen LogP contribution in [0.15, 0.2) is 34.6 Å². The monoisotopic (exact) mass is 474 g/mol. The Morgan fingerprint density at radius 2 is 2.20 bits per heavy atom. The maximum absolute atomic E-state index is 5.27. The van der Waals surface area contributed by atoms with Crippen LogP contribution < -0.4 is 10.1 Å². The van der Waals surface area contributed by atoms with E-state index in [1.54, 1.807) is 18.4 Å². The summed E-state index contributed by atoms with van der Waals surface area (Å²) >= 11 is 1.68. The molecule has 1 N–H and O–H groups in total. The van der Waals surface area contributed by atoms with Crippen LogP contribution in [-0.2, 0) is 13.0 Å². The van der Waals surface area contributed by atoms with Crippen LogP contribution in [0, 0.1) is 6.92 Å². The number of halogens is 1. The van der Waals surface area contributed by atoms with Gasteiger partial charge in [-0.3, -0.25) is 4.99 Å². The molecule has 0 aliphatic heterocycles. The Balaban J connectivity index is 0.00000312. The molecule has 1 heterocycles. The van der Waals surface area contributed by atoms with Gasteiger partial charge in [-0.25, -0.2) is 4.98 Å². The van der Waals surface area contributed by atoms with Crippen LogP contribution in [0.3, 0.4) is 0 Å². The molecule has 0 radical (unpaired) electrons. The van der Waals surface area contributed by atoms with Gasteiger partial charge in [0.2, 0.25) is 0 Å². The fourth-order valence-electron chi connectivity index (χ4n) is 2.39. The van der Waals surface area contributed by atoms with E-state index in [4.69, 9.17) is 9.73 Å². The number of rotatable bonds is 7. The highest BCUT2D eigenvalue weighted by atomic mass is 127. The number of hydrogen-bond donors (Lipinski definition) is 1. The van der Waals surface area contributed by atoms with Crippen LogP contribution in [0.2, 0.25) is 0 Å². The van der Waals surface area contributed by atoms with E-state index in [0.29, 0.717) is 0 Å². The molecule has 0 spiro atoms. The summed E-state index contributed by atoms with van der Waals surface area (Å²) in [6.45, 7) is 6.45. The zero-order valence-electron chi connectivity index (χ0n) is 15.3. The first-order chi connectivity index (χ1) is 11.6. The Hall–Kier alpha value is -1.35. The van der Waals surface area contributed by atoms with E-state index in [1.807, 2.05) is 26.1 Å². The van der Waals surface area contributed by atoms with Crippen molar-refractivity contribution in [3.05, 3.63) is 45.9 Å². The molecule has 5 nitrogen and oxygen atoms in total. The van der Waals surface area contributed by atoms with Crippen LogP contribution >= 0.6 is 35.3 Å². The van der Waals surface area contributed by atoms with Gasteiger partial charge in [0.1, 0.15) is 5.75 Å². The van der Waals surface area contributed by atoms with Crippen molar-refractivity contribution >= 4 is 41.3 Å². The van der Waals surface area contributed by atoms with Crippen molar-refractivity contribution in [1.82, 2.24) is 15.2 Å². The second-order valence-electron chi connectivity index (χ2n) is 5.55. The fraction of sp³-hybridized carbons (Fsp3) is 0.444. The molecule has 2 aromatic rings. The molecule has 0 unspecified atom stereocenters. The zero-order valence-corrected chi connectivity index (χ0v) is 18.4. The van der Waals surface area contributed by atoms with Crippen molar-refractivity contribution in [1.29, 1.82) is 0 Å². The van der Waals surface area contributed by atoms with Gasteiger partial charge in [0.25, 0.3) is 0 Å². The summed E-state index contributed by atoms with van der Waals surface area (Å²) in [5.74, 6) is 1.80. The molecule has 0 amide bonds. The Morgan fingerprint density at radius 1 is 1.40 bits per heavy atom. The predicted molar refractivity (Wildman–Crippen MR) is 116 cm³/mol. The van der Waals surface area contributed by atoms with E-state index in [9.17, 15) is 0 Å². The van der Waals surface area contributed by atoms with E-state index < -0.39 is 0 Å². The number of benzene rings is 1. The summed E-state index contributed by atoms with van der Waals surface area (Å²) in [6, 6.07) is 8.14. The standard InChI is InChI=1S/C18H26N4OS.HI/c1-5-19-18(22(3)12-16-13-24-14(2)21-16)20-10-9-15-7-6-8-17(11-15)23-4;/h6-8,11,13H,5,9-10,12H2,1-4H3,(H,19,20);1H. The van der Waals surface area contributed by atoms with E-state index >= 15 is 0 Å². The summed E-state index contributed by atoms with van der Waals surface area (Å²) in [7, 11) is 3.73. The highest BCUT2D eigenvalue weighted by molar-refractivity contribution is 14.0. The summed E-state index contributed by atoms with van der Waals surface area (Å²) < 4.78 is 5.27. The van der Waals surface area contributed by atoms with Crippen LogP contribution in [0.25, 0.3) is 0 Å². The molecule has 0 saturated heterocycles. The summed E-state index contributed by atoms with van der Waals surface area (Å²) in [5.41, 5.74) is 2.31. The minimum Gasteiger partial charge on any atom is -0.497 e. The number of nitrogens with zero attached hydrogens (tertiary/aromatic N) is 3. The second-order valence-corrected chi connectivity index (χ2v) is 6.61. The molecule has 0 aliphatic carbocycles. The molecule has 1 aromatic heterocycles. The van der Waals surface area contributed by atoms with Gasteiger partial charge < -0.3 is 15.0 Å². The number of hydrogen-bond acceptors (Lipinski definition) is 4. The second kappa shape index (κ2) is 11.3. The lowest BCUT2D eigenvalue weighted by molar-refractivity contribution is 0.414. The fourth-order valence-corrected chi connectivity index (χ4v) is 2.99. The van der Waals surface area contributed by atoms with Crippen molar-refractivity contribution in [3.8, 4) is 5.75 Å². The third-order valence-electron chi connectivity index (χ3n) is 3.56. The predicted octanol–water partition coefficient (Wildman–Crippen LogP) is 3.72.